The van der Waals surface area contributed by atoms with Crippen LogP contribution in [0.2, 0.25) is 0 Å². The summed E-state index contributed by atoms with van der Waals surface area (Å²) < 4.78 is 37.9. The highest BCUT2D eigenvalue weighted by atomic mass is 19.4. The molecule has 2 atom stereocenters. The van der Waals surface area contributed by atoms with E-state index in [0.29, 0.717) is 19.0 Å². The molecule has 0 aromatic heterocycles. The van der Waals surface area contributed by atoms with Crippen LogP contribution in [0.25, 0.3) is 0 Å². The third-order valence-corrected chi connectivity index (χ3v) is 5.23. The zero-order valence-corrected chi connectivity index (χ0v) is 14.8. The molecule has 0 spiro atoms. The SMILES string of the molecule is O=C(NCC1CCCN(Cc2ccc(C(F)(F)F)cc2)C1)C1CCCN1. The summed E-state index contributed by atoms with van der Waals surface area (Å²) in [5.74, 6) is 0.478. The highest BCUT2D eigenvalue weighted by Gasteiger charge is 2.30. The van der Waals surface area contributed by atoms with Crippen LogP contribution in [0, 0.1) is 5.92 Å². The first-order valence-corrected chi connectivity index (χ1v) is 9.31. The Bertz CT molecular complexity index is 597. The molecular formula is C19H26F3N3O. The van der Waals surface area contributed by atoms with E-state index in [1.807, 2.05) is 0 Å². The van der Waals surface area contributed by atoms with E-state index in [-0.39, 0.29) is 11.9 Å². The van der Waals surface area contributed by atoms with Crippen molar-refractivity contribution in [1.82, 2.24) is 15.5 Å². The Morgan fingerprint density at radius 3 is 2.62 bits per heavy atom. The van der Waals surface area contributed by atoms with Crippen molar-refractivity contribution in [1.29, 1.82) is 0 Å². The number of halogens is 3. The molecule has 2 fully saturated rings. The van der Waals surface area contributed by atoms with Gasteiger partial charge in [-0.15, -0.1) is 0 Å². The van der Waals surface area contributed by atoms with Crippen molar-refractivity contribution in [2.24, 2.45) is 5.92 Å². The molecular weight excluding hydrogens is 343 g/mol. The van der Waals surface area contributed by atoms with E-state index in [2.05, 4.69) is 15.5 Å². The first kappa shape index (κ1) is 19.2. The summed E-state index contributed by atoms with van der Waals surface area (Å²) in [5, 5.41) is 6.25. The lowest BCUT2D eigenvalue weighted by molar-refractivity contribution is -0.137. The van der Waals surface area contributed by atoms with Crippen molar-refractivity contribution < 1.29 is 18.0 Å². The Kier molecular flexibility index (Phi) is 6.19. The number of piperidine rings is 1. The number of nitrogens with one attached hydrogen (secondary N) is 2. The molecule has 2 unspecified atom stereocenters. The number of carbonyl (C=O) groups excluding carboxylic acids is 1. The Labute approximate surface area is 152 Å². The second-order valence-electron chi connectivity index (χ2n) is 7.33. The maximum absolute atomic E-state index is 12.6. The van der Waals surface area contributed by atoms with E-state index in [1.165, 1.54) is 0 Å². The molecule has 2 heterocycles. The van der Waals surface area contributed by atoms with E-state index in [0.717, 1.165) is 63.0 Å². The fraction of sp³-hybridized carbons (Fsp3) is 0.632. The number of hydrogen-bond donors (Lipinski definition) is 2. The molecule has 1 aromatic carbocycles. The van der Waals surface area contributed by atoms with Crippen LogP contribution >= 0.6 is 0 Å². The Hall–Kier alpha value is -1.60. The molecule has 1 aromatic rings. The van der Waals surface area contributed by atoms with Crippen LogP contribution in [0.1, 0.15) is 36.8 Å². The van der Waals surface area contributed by atoms with Gasteiger partial charge in [0.2, 0.25) is 5.91 Å². The Morgan fingerprint density at radius 2 is 1.96 bits per heavy atom. The average Bonchev–Trinajstić information content (AvgIpc) is 3.14. The monoisotopic (exact) mass is 369 g/mol. The van der Waals surface area contributed by atoms with E-state index in [1.54, 1.807) is 12.1 Å². The lowest BCUT2D eigenvalue weighted by Crippen LogP contribution is -2.45. The zero-order valence-electron chi connectivity index (χ0n) is 14.8. The van der Waals surface area contributed by atoms with E-state index >= 15 is 0 Å². The zero-order chi connectivity index (χ0) is 18.6. The summed E-state index contributed by atoms with van der Waals surface area (Å²) in [5.41, 5.74) is 0.277. The number of benzene rings is 1. The lowest BCUT2D eigenvalue weighted by atomic mass is 9.97. The van der Waals surface area contributed by atoms with E-state index in [9.17, 15) is 18.0 Å². The first-order valence-electron chi connectivity index (χ1n) is 9.31. The van der Waals surface area contributed by atoms with Gasteiger partial charge >= 0.3 is 6.18 Å². The average molecular weight is 369 g/mol. The van der Waals surface area contributed by atoms with Gasteiger partial charge in [-0.25, -0.2) is 0 Å². The summed E-state index contributed by atoms with van der Waals surface area (Å²) in [6.07, 6.45) is -0.231. The van der Waals surface area contributed by atoms with E-state index in [4.69, 9.17) is 0 Å². The quantitative estimate of drug-likeness (QED) is 0.839. The number of likely N-dealkylation sites (tertiary alicyclic amines) is 1. The lowest BCUT2D eigenvalue weighted by Gasteiger charge is -2.33. The molecule has 144 valence electrons. The second kappa shape index (κ2) is 8.39. The summed E-state index contributed by atoms with van der Waals surface area (Å²) >= 11 is 0. The van der Waals surface area contributed by atoms with Crippen LogP contribution in [0.4, 0.5) is 13.2 Å². The Balaban J connectivity index is 1.46. The Morgan fingerprint density at radius 1 is 1.19 bits per heavy atom. The summed E-state index contributed by atoms with van der Waals surface area (Å²) in [6, 6.07) is 5.35. The van der Waals surface area contributed by atoms with Crippen LogP contribution < -0.4 is 10.6 Å². The van der Waals surface area contributed by atoms with E-state index < -0.39 is 11.7 Å². The molecule has 0 saturated carbocycles. The van der Waals surface area contributed by atoms with Gasteiger partial charge in [-0.2, -0.15) is 13.2 Å². The minimum absolute atomic E-state index is 0.0539. The number of hydrogen-bond acceptors (Lipinski definition) is 3. The summed E-state index contributed by atoms with van der Waals surface area (Å²) in [4.78, 5) is 14.4. The van der Waals surface area contributed by atoms with Crippen molar-refractivity contribution >= 4 is 5.91 Å². The van der Waals surface area contributed by atoms with Crippen LogP contribution in [0.15, 0.2) is 24.3 Å². The molecule has 26 heavy (non-hydrogen) atoms. The van der Waals surface area contributed by atoms with Gasteiger partial charge in [0.05, 0.1) is 11.6 Å². The molecule has 2 aliphatic rings. The molecule has 2 aliphatic heterocycles. The standard InChI is InChI=1S/C19H26F3N3O/c20-19(21,22)16-7-5-14(6-8-16)12-25-10-2-3-15(13-25)11-24-18(26)17-4-1-9-23-17/h5-8,15,17,23H,1-4,9-13H2,(H,24,26). The number of carbonyl (C=O) groups is 1. The molecule has 0 aliphatic carbocycles. The third-order valence-electron chi connectivity index (χ3n) is 5.23. The fourth-order valence-electron chi connectivity index (χ4n) is 3.80. The smallest absolute Gasteiger partial charge is 0.354 e. The first-order chi connectivity index (χ1) is 12.4. The van der Waals surface area contributed by atoms with Gasteiger partial charge < -0.3 is 10.6 Å². The number of alkyl halides is 3. The predicted octanol–water partition coefficient (Wildman–Crippen LogP) is 2.79. The van der Waals surface area contributed by atoms with Gasteiger partial charge in [-0.3, -0.25) is 9.69 Å². The number of nitrogens with zero attached hydrogens (tertiary/aromatic N) is 1. The summed E-state index contributed by atoms with van der Waals surface area (Å²) in [7, 11) is 0. The van der Waals surface area contributed by atoms with Gasteiger partial charge in [0, 0.05) is 19.6 Å². The highest BCUT2D eigenvalue weighted by Crippen LogP contribution is 2.29. The van der Waals surface area contributed by atoms with Gasteiger partial charge in [-0.05, 0) is 62.4 Å². The number of amides is 1. The molecule has 1 amide bonds. The highest BCUT2D eigenvalue weighted by molar-refractivity contribution is 5.81. The van der Waals surface area contributed by atoms with Gasteiger partial charge in [-0.1, -0.05) is 12.1 Å². The van der Waals surface area contributed by atoms with Crippen LogP contribution in [0.5, 0.6) is 0 Å². The molecule has 7 heteroatoms. The van der Waals surface area contributed by atoms with Gasteiger partial charge in [0.15, 0.2) is 0 Å². The van der Waals surface area contributed by atoms with Crippen LogP contribution in [-0.4, -0.2) is 43.0 Å². The minimum atomic E-state index is -4.29. The molecule has 2 N–H and O–H groups in total. The van der Waals surface area contributed by atoms with Crippen molar-refractivity contribution in [2.45, 2.75) is 44.4 Å². The molecule has 3 rings (SSSR count). The molecule has 0 bridgehead atoms. The van der Waals surface area contributed by atoms with Gasteiger partial charge in [0.1, 0.15) is 0 Å². The molecule has 0 radical (unpaired) electrons. The van der Waals surface area contributed by atoms with Gasteiger partial charge in [0.25, 0.3) is 0 Å². The molecule has 2 saturated heterocycles. The van der Waals surface area contributed by atoms with Crippen molar-refractivity contribution in [3.05, 3.63) is 35.4 Å². The minimum Gasteiger partial charge on any atom is -0.354 e. The summed E-state index contributed by atoms with van der Waals surface area (Å²) in [6.45, 7) is 4.02. The fourth-order valence-corrected chi connectivity index (χ4v) is 3.80. The van der Waals surface area contributed by atoms with Crippen molar-refractivity contribution in [3.63, 3.8) is 0 Å². The van der Waals surface area contributed by atoms with Crippen LogP contribution in [0.3, 0.4) is 0 Å². The largest absolute Gasteiger partial charge is 0.416 e. The topological polar surface area (TPSA) is 44.4 Å². The van der Waals surface area contributed by atoms with Crippen molar-refractivity contribution in [2.75, 3.05) is 26.2 Å². The second-order valence-corrected chi connectivity index (χ2v) is 7.33. The molecule has 4 nitrogen and oxygen atoms in total. The van der Waals surface area contributed by atoms with Crippen molar-refractivity contribution in [3.8, 4) is 0 Å². The maximum atomic E-state index is 12.6. The van der Waals surface area contributed by atoms with Crippen LogP contribution in [-0.2, 0) is 17.5 Å². The number of rotatable bonds is 5. The maximum Gasteiger partial charge on any atom is 0.416 e. The third kappa shape index (κ3) is 5.20. The normalized spacial score (nSPS) is 24.6. The predicted molar refractivity (Wildman–Crippen MR) is 93.5 cm³/mol.